The minimum absolute atomic E-state index is 1.17. The molecule has 1 heterocycles. The summed E-state index contributed by atoms with van der Waals surface area (Å²) >= 11 is 0. The van der Waals surface area contributed by atoms with Crippen LogP contribution < -0.4 is 0 Å². The highest BCUT2D eigenvalue weighted by molar-refractivity contribution is 6.25. The van der Waals surface area contributed by atoms with Gasteiger partial charge in [0.2, 0.25) is 0 Å². The molecule has 0 aliphatic rings. The van der Waals surface area contributed by atoms with Gasteiger partial charge in [0, 0.05) is 22.0 Å². The molecule has 1 nitrogen and oxygen atoms in total. The Kier molecular flexibility index (Phi) is 5.27. The molecule has 0 N–H and O–H groups in total. The molecule has 200 valence electrons. The van der Waals surface area contributed by atoms with Crippen molar-refractivity contribution in [2.45, 2.75) is 0 Å². The summed E-state index contributed by atoms with van der Waals surface area (Å²) in [4.78, 5) is 0. The number of rotatable bonds is 3. The molecule has 0 spiro atoms. The van der Waals surface area contributed by atoms with Crippen molar-refractivity contribution in [2.24, 2.45) is 0 Å². The number of fused-ring (bicyclic) bond motifs is 9. The van der Waals surface area contributed by atoms with Gasteiger partial charge in [-0.2, -0.15) is 0 Å². The molecule has 1 heteroatoms. The second-order valence-electron chi connectivity index (χ2n) is 11.3. The molecule has 43 heavy (non-hydrogen) atoms. The van der Waals surface area contributed by atoms with Gasteiger partial charge in [0.25, 0.3) is 0 Å². The molecule has 0 saturated heterocycles. The van der Waals surface area contributed by atoms with Crippen LogP contribution >= 0.6 is 0 Å². The Balaban J connectivity index is 1.37. The van der Waals surface area contributed by atoms with Crippen molar-refractivity contribution >= 4 is 54.1 Å². The zero-order chi connectivity index (χ0) is 28.3. The van der Waals surface area contributed by atoms with Crippen molar-refractivity contribution in [3.05, 3.63) is 164 Å². The summed E-state index contributed by atoms with van der Waals surface area (Å²) in [5.41, 5.74) is 8.52. The van der Waals surface area contributed by atoms with Gasteiger partial charge in [-0.1, -0.05) is 140 Å². The second kappa shape index (κ2) is 9.44. The van der Waals surface area contributed by atoms with Crippen LogP contribution in [0.1, 0.15) is 0 Å². The second-order valence-corrected chi connectivity index (χ2v) is 11.3. The van der Waals surface area contributed by atoms with Gasteiger partial charge in [-0.15, -0.1) is 0 Å². The van der Waals surface area contributed by atoms with Gasteiger partial charge >= 0.3 is 0 Å². The molecule has 0 unspecified atom stereocenters. The van der Waals surface area contributed by atoms with Gasteiger partial charge in [-0.25, -0.2) is 0 Å². The highest BCUT2D eigenvalue weighted by Crippen LogP contribution is 2.41. The summed E-state index contributed by atoms with van der Waals surface area (Å²) in [6.45, 7) is 0. The lowest BCUT2D eigenvalue weighted by Gasteiger charge is -2.15. The third kappa shape index (κ3) is 3.65. The Morgan fingerprint density at radius 3 is 1.58 bits per heavy atom. The van der Waals surface area contributed by atoms with Crippen molar-refractivity contribution in [1.82, 2.24) is 4.57 Å². The lowest BCUT2D eigenvalue weighted by molar-refractivity contribution is 1.19. The highest BCUT2D eigenvalue weighted by atomic mass is 15.0. The topological polar surface area (TPSA) is 4.93 Å². The third-order valence-corrected chi connectivity index (χ3v) is 8.96. The van der Waals surface area contributed by atoms with Crippen LogP contribution in [-0.4, -0.2) is 4.57 Å². The monoisotopic (exact) mass is 545 g/mol. The normalized spacial score (nSPS) is 11.7. The van der Waals surface area contributed by atoms with Gasteiger partial charge in [0.15, 0.2) is 0 Å². The highest BCUT2D eigenvalue weighted by Gasteiger charge is 2.18. The Hall–Kier alpha value is -5.66. The SMILES string of the molecule is c1ccc(-c2cccc(-c3cccc4c5ccccc5n(-c5ccc6c7ccccc7c7ccccc7c6c5)c34)c2)cc1. The number of para-hydroxylation sites is 2. The van der Waals surface area contributed by atoms with E-state index in [-0.39, 0.29) is 0 Å². The van der Waals surface area contributed by atoms with Crippen molar-refractivity contribution in [2.75, 3.05) is 0 Å². The zero-order valence-corrected chi connectivity index (χ0v) is 23.5. The van der Waals surface area contributed by atoms with Gasteiger partial charge in [-0.3, -0.25) is 0 Å². The van der Waals surface area contributed by atoms with Crippen LogP contribution in [0.4, 0.5) is 0 Å². The molecule has 0 aliphatic carbocycles. The first kappa shape index (κ1) is 24.0. The van der Waals surface area contributed by atoms with E-state index in [2.05, 4.69) is 168 Å². The van der Waals surface area contributed by atoms with E-state index in [1.54, 1.807) is 0 Å². The quantitative estimate of drug-likeness (QED) is 0.195. The number of hydrogen-bond acceptors (Lipinski definition) is 0. The van der Waals surface area contributed by atoms with E-state index in [9.17, 15) is 0 Å². The molecule has 9 rings (SSSR count). The fourth-order valence-corrected chi connectivity index (χ4v) is 7.05. The van der Waals surface area contributed by atoms with Crippen molar-refractivity contribution in [3.8, 4) is 27.9 Å². The Morgan fingerprint density at radius 2 is 0.837 bits per heavy atom. The number of benzene rings is 8. The number of nitrogens with zero attached hydrogens (tertiary/aromatic N) is 1. The molecule has 8 aromatic carbocycles. The molecule has 0 aliphatic heterocycles. The molecule has 9 aromatic rings. The Labute approximate surface area is 249 Å². The first-order chi connectivity index (χ1) is 21.3. The fraction of sp³-hybridized carbons (Fsp3) is 0. The molecule has 1 aromatic heterocycles. The van der Waals surface area contributed by atoms with Gasteiger partial charge in [0.1, 0.15) is 0 Å². The summed E-state index contributed by atoms with van der Waals surface area (Å²) < 4.78 is 2.47. The van der Waals surface area contributed by atoms with Gasteiger partial charge < -0.3 is 4.57 Å². The Bertz CT molecular complexity index is 2460. The molecule has 0 radical (unpaired) electrons. The van der Waals surface area contributed by atoms with Crippen molar-refractivity contribution in [3.63, 3.8) is 0 Å². The van der Waals surface area contributed by atoms with E-state index in [0.717, 1.165) is 0 Å². The molecular formula is C42H27N. The maximum atomic E-state index is 2.47. The molecule has 0 saturated carbocycles. The average molecular weight is 546 g/mol. The summed E-state index contributed by atoms with van der Waals surface area (Å²) in [6.07, 6.45) is 0. The van der Waals surface area contributed by atoms with E-state index < -0.39 is 0 Å². The van der Waals surface area contributed by atoms with Crippen LogP contribution in [0, 0.1) is 0 Å². The first-order valence-electron chi connectivity index (χ1n) is 14.9. The molecule has 0 bridgehead atoms. The van der Waals surface area contributed by atoms with E-state index in [1.165, 1.54) is 82.1 Å². The zero-order valence-electron chi connectivity index (χ0n) is 23.5. The average Bonchev–Trinajstić information content (AvgIpc) is 3.43. The molecular weight excluding hydrogens is 518 g/mol. The van der Waals surface area contributed by atoms with Crippen LogP contribution in [0.3, 0.4) is 0 Å². The van der Waals surface area contributed by atoms with E-state index in [0.29, 0.717) is 0 Å². The summed E-state index contributed by atoms with van der Waals surface area (Å²) in [7, 11) is 0. The predicted molar refractivity (Wildman–Crippen MR) is 184 cm³/mol. The molecule has 0 amide bonds. The third-order valence-electron chi connectivity index (χ3n) is 8.96. The van der Waals surface area contributed by atoms with Crippen molar-refractivity contribution in [1.29, 1.82) is 0 Å². The van der Waals surface area contributed by atoms with Crippen LogP contribution in [0.5, 0.6) is 0 Å². The lowest BCUT2D eigenvalue weighted by Crippen LogP contribution is -1.96. The van der Waals surface area contributed by atoms with E-state index in [1.807, 2.05) is 0 Å². The predicted octanol–water partition coefficient (Wildman–Crippen LogP) is 11.6. The minimum Gasteiger partial charge on any atom is -0.309 e. The Morgan fingerprint density at radius 1 is 0.302 bits per heavy atom. The summed E-state index contributed by atoms with van der Waals surface area (Å²) in [5.74, 6) is 0. The smallest absolute Gasteiger partial charge is 0.0619 e. The van der Waals surface area contributed by atoms with Gasteiger partial charge in [0.05, 0.1) is 11.0 Å². The lowest BCUT2D eigenvalue weighted by atomic mass is 9.94. The van der Waals surface area contributed by atoms with Crippen LogP contribution in [0.2, 0.25) is 0 Å². The first-order valence-corrected chi connectivity index (χ1v) is 14.9. The van der Waals surface area contributed by atoms with E-state index >= 15 is 0 Å². The standard InChI is InChI=1S/C42H27N/c1-2-12-28(13-3-1)29-14-10-15-30(26-29)32-21-11-22-39-38-20-8-9-23-41(38)43(42(32)39)31-24-25-37-35-18-5-4-16-33(35)34-17-6-7-19-36(34)40(37)27-31/h1-27H. The number of aromatic nitrogens is 1. The van der Waals surface area contributed by atoms with Gasteiger partial charge in [-0.05, 0) is 73.3 Å². The van der Waals surface area contributed by atoms with Crippen molar-refractivity contribution < 1.29 is 0 Å². The van der Waals surface area contributed by atoms with Crippen LogP contribution in [0.25, 0.3) is 82.1 Å². The van der Waals surface area contributed by atoms with E-state index in [4.69, 9.17) is 0 Å². The molecule has 0 atom stereocenters. The maximum absolute atomic E-state index is 2.47. The number of hydrogen-bond donors (Lipinski definition) is 0. The largest absolute Gasteiger partial charge is 0.309 e. The minimum atomic E-state index is 1.17. The molecule has 0 fully saturated rings. The summed E-state index contributed by atoms with van der Waals surface area (Å²) in [6, 6.07) is 59.7. The van der Waals surface area contributed by atoms with Crippen LogP contribution in [-0.2, 0) is 0 Å². The van der Waals surface area contributed by atoms with Crippen LogP contribution in [0.15, 0.2) is 164 Å². The summed E-state index contributed by atoms with van der Waals surface area (Å²) in [5, 5.41) is 10.3. The fourth-order valence-electron chi connectivity index (χ4n) is 7.05. The maximum Gasteiger partial charge on any atom is 0.0619 e.